The Balaban J connectivity index is 2.20. The summed E-state index contributed by atoms with van der Waals surface area (Å²) in [6.45, 7) is 7.06. The normalized spacial score (nSPS) is 23.3. The van der Waals surface area contributed by atoms with Gasteiger partial charge in [0.1, 0.15) is 4.75 Å². The van der Waals surface area contributed by atoms with Crippen molar-refractivity contribution in [1.82, 2.24) is 4.31 Å². The molecule has 1 aliphatic heterocycles. The van der Waals surface area contributed by atoms with Crippen LogP contribution in [0.25, 0.3) is 0 Å². The lowest BCUT2D eigenvalue weighted by Crippen LogP contribution is -2.42. The van der Waals surface area contributed by atoms with E-state index in [0.717, 1.165) is 23.9 Å². The maximum Gasteiger partial charge on any atom is 0.137 e. The quantitative estimate of drug-likeness (QED) is 0.765. The lowest BCUT2D eigenvalue weighted by Gasteiger charge is -2.33. The minimum atomic E-state index is -0.927. The molecule has 1 aromatic rings. The molecular formula is C14H20BrNOS. The van der Waals surface area contributed by atoms with Crippen LogP contribution in [0.2, 0.25) is 0 Å². The third kappa shape index (κ3) is 3.10. The molecule has 18 heavy (non-hydrogen) atoms. The summed E-state index contributed by atoms with van der Waals surface area (Å²) in [5.74, 6) is 0. The fraction of sp³-hybridized carbons (Fsp3) is 0.571. The van der Waals surface area contributed by atoms with Gasteiger partial charge < -0.3 is 4.55 Å². The van der Waals surface area contributed by atoms with Crippen LogP contribution in [0.3, 0.4) is 0 Å². The molecule has 0 spiro atoms. The van der Waals surface area contributed by atoms with Crippen molar-refractivity contribution in [3.63, 3.8) is 0 Å². The summed E-state index contributed by atoms with van der Waals surface area (Å²) in [5.41, 5.74) is 1.27. The lowest BCUT2D eigenvalue weighted by molar-refractivity contribution is 0.380. The van der Waals surface area contributed by atoms with Crippen molar-refractivity contribution in [2.45, 2.75) is 44.4 Å². The van der Waals surface area contributed by atoms with Crippen LogP contribution in [-0.2, 0) is 11.4 Å². The number of hydrogen-bond donors (Lipinski definition) is 0. The highest BCUT2D eigenvalue weighted by molar-refractivity contribution is 9.10. The average molecular weight is 330 g/mol. The zero-order chi connectivity index (χ0) is 13.3. The molecule has 100 valence electrons. The van der Waals surface area contributed by atoms with Gasteiger partial charge in [0.05, 0.1) is 6.04 Å². The summed E-state index contributed by atoms with van der Waals surface area (Å²) in [4.78, 5) is 0. The van der Waals surface area contributed by atoms with Gasteiger partial charge in [-0.1, -0.05) is 28.1 Å². The van der Waals surface area contributed by atoms with Gasteiger partial charge in [-0.2, -0.15) is 0 Å². The van der Waals surface area contributed by atoms with Crippen LogP contribution in [0, 0.1) is 0 Å². The van der Waals surface area contributed by atoms with E-state index in [9.17, 15) is 4.55 Å². The van der Waals surface area contributed by atoms with Gasteiger partial charge in [-0.25, -0.2) is 0 Å². The lowest BCUT2D eigenvalue weighted by atomic mass is 10.1. The number of nitrogens with zero attached hydrogens (tertiary/aromatic N) is 1. The highest BCUT2D eigenvalue weighted by Crippen LogP contribution is 2.37. The Kier molecular flexibility index (Phi) is 4.42. The van der Waals surface area contributed by atoms with Crippen LogP contribution < -0.4 is 0 Å². The highest BCUT2D eigenvalue weighted by Gasteiger charge is 2.40. The van der Waals surface area contributed by atoms with Gasteiger partial charge in [0.2, 0.25) is 0 Å². The maximum atomic E-state index is 12.5. The number of benzene rings is 1. The Morgan fingerprint density at radius 1 is 1.28 bits per heavy atom. The van der Waals surface area contributed by atoms with E-state index in [-0.39, 0.29) is 4.75 Å². The van der Waals surface area contributed by atoms with E-state index in [1.54, 1.807) is 0 Å². The minimum Gasteiger partial charge on any atom is -0.597 e. The first-order chi connectivity index (χ1) is 8.39. The topological polar surface area (TPSA) is 26.3 Å². The molecular weight excluding hydrogens is 310 g/mol. The van der Waals surface area contributed by atoms with Gasteiger partial charge in [0.15, 0.2) is 0 Å². The summed E-state index contributed by atoms with van der Waals surface area (Å²) < 4.78 is 15.6. The zero-order valence-electron chi connectivity index (χ0n) is 11.1. The van der Waals surface area contributed by atoms with Crippen molar-refractivity contribution < 1.29 is 4.55 Å². The van der Waals surface area contributed by atoms with E-state index < -0.39 is 11.4 Å². The second kappa shape index (κ2) is 5.53. The molecule has 0 bridgehead atoms. The molecule has 2 rings (SSSR count). The first-order valence-corrected chi connectivity index (χ1v) is 8.23. The Hall–Kier alpha value is -0.0300. The fourth-order valence-electron chi connectivity index (χ4n) is 2.31. The molecule has 1 aromatic carbocycles. The van der Waals surface area contributed by atoms with E-state index in [2.05, 4.69) is 44.5 Å². The van der Waals surface area contributed by atoms with E-state index in [4.69, 9.17) is 0 Å². The smallest absolute Gasteiger partial charge is 0.137 e. The van der Waals surface area contributed by atoms with Crippen LogP contribution in [0.15, 0.2) is 28.7 Å². The number of halogens is 1. The third-order valence-corrected chi connectivity index (χ3v) is 5.63. The van der Waals surface area contributed by atoms with Crippen molar-refractivity contribution in [3.05, 3.63) is 34.3 Å². The molecule has 2 atom stereocenters. The monoisotopic (exact) mass is 329 g/mol. The van der Waals surface area contributed by atoms with Crippen LogP contribution in [0.4, 0.5) is 0 Å². The van der Waals surface area contributed by atoms with Crippen molar-refractivity contribution in [3.8, 4) is 0 Å². The van der Waals surface area contributed by atoms with Gasteiger partial charge in [-0.05, 0) is 51.3 Å². The Bertz CT molecular complexity index is 401. The molecule has 1 fully saturated rings. The van der Waals surface area contributed by atoms with Crippen LogP contribution in [-0.4, -0.2) is 20.1 Å². The van der Waals surface area contributed by atoms with Gasteiger partial charge in [-0.3, -0.25) is 0 Å². The molecule has 4 heteroatoms. The molecule has 1 heterocycles. The van der Waals surface area contributed by atoms with Crippen LogP contribution >= 0.6 is 15.9 Å². The summed E-state index contributed by atoms with van der Waals surface area (Å²) in [5, 5.41) is 0. The molecule has 0 saturated carbocycles. The van der Waals surface area contributed by atoms with Gasteiger partial charge >= 0.3 is 0 Å². The van der Waals surface area contributed by atoms with Crippen molar-refractivity contribution in [2.24, 2.45) is 0 Å². The molecule has 1 unspecified atom stereocenters. The summed E-state index contributed by atoms with van der Waals surface area (Å²) >= 11 is 2.53. The molecule has 0 amide bonds. The Morgan fingerprint density at radius 3 is 2.44 bits per heavy atom. The molecule has 0 aliphatic carbocycles. The van der Waals surface area contributed by atoms with Crippen LogP contribution in [0.1, 0.15) is 45.2 Å². The predicted molar refractivity (Wildman–Crippen MR) is 80.7 cm³/mol. The van der Waals surface area contributed by atoms with Gasteiger partial charge in [0, 0.05) is 22.4 Å². The van der Waals surface area contributed by atoms with Crippen molar-refractivity contribution >= 4 is 27.3 Å². The van der Waals surface area contributed by atoms with Crippen molar-refractivity contribution in [1.29, 1.82) is 0 Å². The largest absolute Gasteiger partial charge is 0.597 e. The summed E-state index contributed by atoms with van der Waals surface area (Å²) in [6.07, 6.45) is 2.23. The summed E-state index contributed by atoms with van der Waals surface area (Å²) in [6, 6.07) is 8.69. The Morgan fingerprint density at radius 2 is 1.89 bits per heavy atom. The first kappa shape index (κ1) is 14.4. The molecule has 2 nitrogen and oxygen atoms in total. The third-order valence-electron chi connectivity index (χ3n) is 3.20. The maximum absolute atomic E-state index is 12.5. The zero-order valence-corrected chi connectivity index (χ0v) is 13.6. The van der Waals surface area contributed by atoms with E-state index >= 15 is 0 Å². The van der Waals surface area contributed by atoms with E-state index in [0.29, 0.717) is 6.04 Å². The standard InChI is InChI=1S/C14H20BrNOS/c1-14(2,3)18(17)16-10-4-5-13(16)11-6-8-12(15)9-7-11/h6-9,13H,4-5,10H2,1-3H3/t13-,18?/m1/s1. The molecule has 0 radical (unpaired) electrons. The predicted octanol–water partition coefficient (Wildman–Crippen LogP) is 4.05. The second-order valence-electron chi connectivity index (χ2n) is 5.71. The Labute approximate surface area is 121 Å². The van der Waals surface area contributed by atoms with Gasteiger partial charge in [0.25, 0.3) is 0 Å². The minimum absolute atomic E-state index is 0.183. The fourth-order valence-corrected chi connectivity index (χ4v) is 4.03. The van der Waals surface area contributed by atoms with Crippen LogP contribution in [0.5, 0.6) is 0 Å². The van der Waals surface area contributed by atoms with E-state index in [1.165, 1.54) is 5.56 Å². The molecule has 0 N–H and O–H groups in total. The average Bonchev–Trinajstić information content (AvgIpc) is 2.76. The molecule has 1 aliphatic rings. The van der Waals surface area contributed by atoms with E-state index in [1.807, 2.05) is 20.8 Å². The number of hydrogen-bond acceptors (Lipinski definition) is 2. The second-order valence-corrected chi connectivity index (χ2v) is 8.82. The van der Waals surface area contributed by atoms with Crippen molar-refractivity contribution in [2.75, 3.05) is 6.54 Å². The first-order valence-electron chi connectivity index (χ1n) is 6.34. The molecule has 0 aromatic heterocycles. The SMILES string of the molecule is CC(C)(C)[S+]([O-])N1CCC[C@@H]1c1ccc(Br)cc1. The van der Waals surface area contributed by atoms with Gasteiger partial charge in [-0.15, -0.1) is 4.31 Å². The number of rotatable bonds is 2. The summed E-state index contributed by atoms with van der Waals surface area (Å²) in [7, 11) is 0. The molecule has 1 saturated heterocycles. The highest BCUT2D eigenvalue weighted by atomic mass is 79.9.